The van der Waals surface area contributed by atoms with Gasteiger partial charge in [-0.2, -0.15) is 0 Å². The monoisotopic (exact) mass is 333 g/mol. The van der Waals surface area contributed by atoms with Crippen molar-refractivity contribution in [2.75, 3.05) is 6.54 Å². The predicted octanol–water partition coefficient (Wildman–Crippen LogP) is 4.39. The summed E-state index contributed by atoms with van der Waals surface area (Å²) in [7, 11) is 0. The first-order valence-electron chi connectivity index (χ1n) is 8.37. The van der Waals surface area contributed by atoms with E-state index in [4.69, 9.17) is 0 Å². The highest BCUT2D eigenvalue weighted by molar-refractivity contribution is 5.78. The first kappa shape index (κ1) is 16.9. The minimum Gasteiger partial charge on any atom is -0.355 e. The molecule has 3 rings (SSSR count). The van der Waals surface area contributed by atoms with Gasteiger partial charge in [-0.1, -0.05) is 72.8 Å². The van der Waals surface area contributed by atoms with Gasteiger partial charge in [0.25, 0.3) is 0 Å². The lowest BCUT2D eigenvalue weighted by molar-refractivity contribution is -0.120. The van der Waals surface area contributed by atoms with Crippen molar-refractivity contribution in [3.05, 3.63) is 95.8 Å². The van der Waals surface area contributed by atoms with Gasteiger partial charge >= 0.3 is 0 Å². The van der Waals surface area contributed by atoms with Crippen LogP contribution >= 0.6 is 0 Å². The van der Waals surface area contributed by atoms with Crippen molar-refractivity contribution in [2.24, 2.45) is 0 Å². The molecule has 0 saturated heterocycles. The average molecular weight is 333 g/mol. The number of amides is 1. The van der Waals surface area contributed by atoms with E-state index in [1.54, 1.807) is 18.2 Å². The molecule has 0 atom stereocenters. The van der Waals surface area contributed by atoms with Crippen molar-refractivity contribution >= 4 is 5.91 Å². The fourth-order valence-electron chi connectivity index (χ4n) is 2.73. The Balaban J connectivity index is 1.50. The van der Waals surface area contributed by atoms with Gasteiger partial charge in [-0.15, -0.1) is 0 Å². The van der Waals surface area contributed by atoms with Gasteiger partial charge in [0.2, 0.25) is 5.91 Å². The minimum atomic E-state index is -0.228. The van der Waals surface area contributed by atoms with E-state index >= 15 is 0 Å². The Morgan fingerprint density at radius 1 is 0.800 bits per heavy atom. The van der Waals surface area contributed by atoms with Crippen LogP contribution in [0.1, 0.15) is 11.1 Å². The summed E-state index contributed by atoms with van der Waals surface area (Å²) >= 11 is 0. The molecule has 0 aromatic heterocycles. The summed E-state index contributed by atoms with van der Waals surface area (Å²) in [5.41, 5.74) is 3.87. The molecule has 0 saturated carbocycles. The van der Waals surface area contributed by atoms with Gasteiger partial charge in [-0.3, -0.25) is 4.79 Å². The Bertz CT molecular complexity index is 828. The van der Waals surface area contributed by atoms with E-state index in [1.165, 1.54) is 6.07 Å². The summed E-state index contributed by atoms with van der Waals surface area (Å²) in [5, 5.41) is 2.85. The van der Waals surface area contributed by atoms with E-state index in [1.807, 2.05) is 42.5 Å². The molecule has 2 nitrogen and oxygen atoms in total. The molecule has 0 bridgehead atoms. The van der Waals surface area contributed by atoms with E-state index in [2.05, 4.69) is 17.4 Å². The fourth-order valence-corrected chi connectivity index (χ4v) is 2.73. The number of rotatable bonds is 6. The van der Waals surface area contributed by atoms with Crippen molar-refractivity contribution in [2.45, 2.75) is 12.8 Å². The van der Waals surface area contributed by atoms with Gasteiger partial charge in [-0.25, -0.2) is 4.39 Å². The molecule has 3 aromatic rings. The molecular weight excluding hydrogens is 313 g/mol. The van der Waals surface area contributed by atoms with Crippen LogP contribution in [0.25, 0.3) is 11.1 Å². The summed E-state index contributed by atoms with van der Waals surface area (Å²) < 4.78 is 13.5. The molecular formula is C22H20FNO. The molecule has 126 valence electrons. The molecule has 0 radical (unpaired) electrons. The zero-order chi connectivity index (χ0) is 17.5. The second-order valence-corrected chi connectivity index (χ2v) is 5.93. The highest BCUT2D eigenvalue weighted by Gasteiger charge is 2.05. The second kappa shape index (κ2) is 8.25. The van der Waals surface area contributed by atoms with E-state index in [9.17, 15) is 9.18 Å². The summed E-state index contributed by atoms with van der Waals surface area (Å²) in [6.45, 7) is 0.432. The van der Waals surface area contributed by atoms with Crippen LogP contribution in [0.15, 0.2) is 78.9 Å². The third kappa shape index (κ3) is 4.77. The molecule has 3 aromatic carbocycles. The summed E-state index contributed by atoms with van der Waals surface area (Å²) in [6.07, 6.45) is 0.817. The summed E-state index contributed by atoms with van der Waals surface area (Å²) in [6, 6.07) is 24.8. The normalized spacial score (nSPS) is 10.4. The fraction of sp³-hybridized carbons (Fsp3) is 0.136. The Morgan fingerprint density at radius 3 is 2.16 bits per heavy atom. The maximum atomic E-state index is 13.5. The van der Waals surface area contributed by atoms with Gasteiger partial charge < -0.3 is 5.32 Å². The van der Waals surface area contributed by atoms with Crippen LogP contribution in [0.5, 0.6) is 0 Å². The summed E-state index contributed by atoms with van der Waals surface area (Å²) in [5.74, 6) is -0.281. The maximum Gasteiger partial charge on any atom is 0.224 e. The van der Waals surface area contributed by atoms with E-state index in [0.29, 0.717) is 24.9 Å². The number of benzene rings is 3. The van der Waals surface area contributed by atoms with Crippen LogP contribution in [0.3, 0.4) is 0 Å². The van der Waals surface area contributed by atoms with Crippen LogP contribution < -0.4 is 5.32 Å². The Kier molecular flexibility index (Phi) is 5.57. The Labute approximate surface area is 147 Å². The standard InChI is InChI=1S/C22H20FNO/c23-21-9-5-4-8-20(21)14-15-24-22(25)16-17-10-12-19(13-11-17)18-6-2-1-3-7-18/h1-13H,14-16H2,(H,24,25). The lowest BCUT2D eigenvalue weighted by Gasteiger charge is -2.07. The van der Waals surface area contributed by atoms with Gasteiger partial charge in [-0.05, 0) is 34.7 Å². The third-order valence-electron chi connectivity index (χ3n) is 4.10. The first-order valence-corrected chi connectivity index (χ1v) is 8.37. The SMILES string of the molecule is O=C(Cc1ccc(-c2ccccc2)cc1)NCCc1ccccc1F. The molecule has 0 fully saturated rings. The number of hydrogen-bond acceptors (Lipinski definition) is 1. The van der Waals surface area contributed by atoms with Crippen LogP contribution in [0.4, 0.5) is 4.39 Å². The molecule has 0 spiro atoms. The highest BCUT2D eigenvalue weighted by atomic mass is 19.1. The highest BCUT2D eigenvalue weighted by Crippen LogP contribution is 2.19. The molecule has 1 N–H and O–H groups in total. The van der Waals surface area contributed by atoms with Crippen molar-refractivity contribution < 1.29 is 9.18 Å². The van der Waals surface area contributed by atoms with Gasteiger partial charge in [0.05, 0.1) is 6.42 Å². The number of carbonyl (C=O) groups excluding carboxylic acids is 1. The Hall–Kier alpha value is -2.94. The first-order chi connectivity index (χ1) is 12.2. The summed E-state index contributed by atoms with van der Waals surface area (Å²) in [4.78, 5) is 12.0. The topological polar surface area (TPSA) is 29.1 Å². The smallest absolute Gasteiger partial charge is 0.224 e. The van der Waals surface area contributed by atoms with Crippen LogP contribution in [-0.4, -0.2) is 12.5 Å². The quantitative estimate of drug-likeness (QED) is 0.712. The third-order valence-corrected chi connectivity index (χ3v) is 4.10. The lowest BCUT2D eigenvalue weighted by atomic mass is 10.0. The van der Waals surface area contributed by atoms with Gasteiger partial charge in [0, 0.05) is 6.54 Å². The van der Waals surface area contributed by atoms with Crippen LogP contribution in [0, 0.1) is 5.82 Å². The van der Waals surface area contributed by atoms with Crippen molar-refractivity contribution in [1.82, 2.24) is 5.32 Å². The zero-order valence-corrected chi connectivity index (χ0v) is 13.9. The van der Waals surface area contributed by atoms with Gasteiger partial charge in [0.1, 0.15) is 5.82 Å². The Morgan fingerprint density at radius 2 is 1.44 bits per heavy atom. The van der Waals surface area contributed by atoms with Crippen molar-refractivity contribution in [3.8, 4) is 11.1 Å². The minimum absolute atomic E-state index is 0.0520. The zero-order valence-electron chi connectivity index (χ0n) is 13.9. The molecule has 0 aliphatic rings. The molecule has 1 amide bonds. The molecule has 3 heteroatoms. The molecule has 0 heterocycles. The number of halogens is 1. The average Bonchev–Trinajstić information content (AvgIpc) is 2.65. The van der Waals surface area contributed by atoms with Crippen LogP contribution in [0.2, 0.25) is 0 Å². The number of carbonyl (C=O) groups is 1. The van der Waals surface area contributed by atoms with Gasteiger partial charge in [0.15, 0.2) is 0 Å². The number of hydrogen-bond donors (Lipinski definition) is 1. The van der Waals surface area contributed by atoms with E-state index in [0.717, 1.165) is 16.7 Å². The maximum absolute atomic E-state index is 13.5. The predicted molar refractivity (Wildman–Crippen MR) is 98.7 cm³/mol. The van der Waals surface area contributed by atoms with Crippen molar-refractivity contribution in [3.63, 3.8) is 0 Å². The molecule has 0 aliphatic heterocycles. The molecule has 0 unspecified atom stereocenters. The molecule has 0 aliphatic carbocycles. The lowest BCUT2D eigenvalue weighted by Crippen LogP contribution is -2.27. The second-order valence-electron chi connectivity index (χ2n) is 5.93. The largest absolute Gasteiger partial charge is 0.355 e. The number of nitrogens with one attached hydrogen (secondary N) is 1. The van der Waals surface area contributed by atoms with Crippen LogP contribution in [-0.2, 0) is 17.6 Å². The van der Waals surface area contributed by atoms with E-state index < -0.39 is 0 Å². The molecule has 25 heavy (non-hydrogen) atoms. The van der Waals surface area contributed by atoms with E-state index in [-0.39, 0.29) is 11.7 Å². The van der Waals surface area contributed by atoms with Crippen molar-refractivity contribution in [1.29, 1.82) is 0 Å².